The highest BCUT2D eigenvalue weighted by atomic mass is 13.9. The monoisotopic (exact) mass is 131 g/mol. The highest BCUT2D eigenvalue weighted by molar-refractivity contribution is 5.15. The lowest BCUT2D eigenvalue weighted by Crippen LogP contribution is -1.80. The molecule has 0 heterocycles. The summed E-state index contributed by atoms with van der Waals surface area (Å²) in [5, 5.41) is 0. The van der Waals surface area contributed by atoms with Crippen LogP contribution in [0.15, 0.2) is 30.3 Å². The maximum Gasteiger partial charge on any atom is 0.0406 e. The van der Waals surface area contributed by atoms with Crippen LogP contribution in [-0.2, 0) is 6.42 Å². The van der Waals surface area contributed by atoms with E-state index in [0.717, 1.165) is 5.56 Å². The summed E-state index contributed by atoms with van der Waals surface area (Å²) >= 11 is 0. The number of hydrogen-bond acceptors (Lipinski definition) is 0. The Balaban J connectivity index is 2.60. The van der Waals surface area contributed by atoms with Crippen LogP contribution in [0.1, 0.15) is 13.3 Å². The fourth-order valence-corrected chi connectivity index (χ4v) is 0.791. The molecule has 0 fully saturated rings. The van der Waals surface area contributed by atoms with Crippen LogP contribution in [0.2, 0.25) is 0 Å². The summed E-state index contributed by atoms with van der Waals surface area (Å²) in [7, 11) is 0. The van der Waals surface area contributed by atoms with Gasteiger partial charge in [-0.15, -0.1) is 12.3 Å². The molecule has 0 bridgehead atoms. The molecule has 0 aromatic heterocycles. The van der Waals surface area contributed by atoms with Crippen molar-refractivity contribution < 1.29 is 1.37 Å². The first-order valence-corrected chi connectivity index (χ1v) is 3.25. The molecule has 0 aliphatic heterocycles. The Bertz CT molecular complexity index is 245. The Morgan fingerprint density at radius 3 is 2.70 bits per heavy atom. The van der Waals surface area contributed by atoms with Crippen molar-refractivity contribution in [3.05, 3.63) is 35.9 Å². The molecule has 0 spiro atoms. The van der Waals surface area contributed by atoms with Crippen LogP contribution in [0.4, 0.5) is 0 Å². The fourth-order valence-electron chi connectivity index (χ4n) is 0.791. The minimum absolute atomic E-state index is 0.405. The van der Waals surface area contributed by atoms with E-state index in [1.165, 1.54) is 0 Å². The van der Waals surface area contributed by atoms with Gasteiger partial charge in [0.25, 0.3) is 0 Å². The van der Waals surface area contributed by atoms with E-state index in [1.807, 2.05) is 30.3 Å². The fraction of sp³-hybridized carbons (Fsp3) is 0.200. The third kappa shape index (κ3) is 1.95. The van der Waals surface area contributed by atoms with Crippen molar-refractivity contribution in [3.8, 4) is 12.3 Å². The normalized spacial score (nSPS) is 13.3. The van der Waals surface area contributed by atoms with Gasteiger partial charge < -0.3 is 0 Å². The van der Waals surface area contributed by atoms with Gasteiger partial charge in [-0.05, 0) is 12.0 Å². The maximum atomic E-state index is 7.32. The van der Waals surface area contributed by atoms with Crippen LogP contribution in [-0.4, -0.2) is 0 Å². The minimum atomic E-state index is -0.405. The molecule has 0 saturated carbocycles. The van der Waals surface area contributed by atoms with Crippen LogP contribution in [0.5, 0.6) is 0 Å². The Hall–Kier alpha value is -1.22. The standard InChI is InChI=1S/C10H10/c1-2-3-7-10-8-5-4-6-9-10/h1,4-6,8-9H,3,7H2/i3D/t3-/m1/s1. The summed E-state index contributed by atoms with van der Waals surface area (Å²) in [5.41, 5.74) is 1.13. The summed E-state index contributed by atoms with van der Waals surface area (Å²) in [6, 6.07) is 9.84. The molecule has 0 saturated heterocycles. The molecule has 1 rings (SSSR count). The first-order valence-electron chi connectivity index (χ1n) is 3.83. The van der Waals surface area contributed by atoms with E-state index in [0.29, 0.717) is 6.42 Å². The molecule has 0 aliphatic carbocycles. The molecule has 1 aromatic carbocycles. The Kier molecular flexibility index (Phi) is 2.08. The van der Waals surface area contributed by atoms with E-state index in [-0.39, 0.29) is 0 Å². The molecule has 0 nitrogen and oxygen atoms in total. The summed E-state index contributed by atoms with van der Waals surface area (Å²) < 4.78 is 7.32. The zero-order valence-corrected chi connectivity index (χ0v) is 5.75. The first-order chi connectivity index (χ1) is 5.33. The van der Waals surface area contributed by atoms with Gasteiger partial charge in [0.05, 0.1) is 0 Å². The summed E-state index contributed by atoms with van der Waals surface area (Å²) in [6.45, 7) is 0. The van der Waals surface area contributed by atoms with Crippen molar-refractivity contribution in [1.29, 1.82) is 0 Å². The van der Waals surface area contributed by atoms with Crippen molar-refractivity contribution in [2.75, 3.05) is 0 Å². The highest BCUT2D eigenvalue weighted by Crippen LogP contribution is 2.00. The van der Waals surface area contributed by atoms with Crippen LogP contribution >= 0.6 is 0 Å². The van der Waals surface area contributed by atoms with Crippen molar-refractivity contribution in [1.82, 2.24) is 0 Å². The van der Waals surface area contributed by atoms with E-state index in [4.69, 9.17) is 7.79 Å². The zero-order chi connectivity index (χ0) is 8.10. The second-order valence-corrected chi connectivity index (χ2v) is 2.06. The molecule has 1 aromatic rings. The van der Waals surface area contributed by atoms with E-state index in [1.54, 1.807) is 0 Å². The quantitative estimate of drug-likeness (QED) is 0.540. The van der Waals surface area contributed by atoms with E-state index >= 15 is 0 Å². The predicted molar refractivity (Wildman–Crippen MR) is 43.6 cm³/mol. The number of benzene rings is 1. The average molecular weight is 131 g/mol. The molecule has 50 valence electrons. The van der Waals surface area contributed by atoms with Crippen molar-refractivity contribution in [3.63, 3.8) is 0 Å². The second kappa shape index (κ2) is 3.74. The molecule has 0 unspecified atom stereocenters. The molecule has 0 radical (unpaired) electrons. The van der Waals surface area contributed by atoms with Crippen molar-refractivity contribution in [2.24, 2.45) is 0 Å². The summed E-state index contributed by atoms with van der Waals surface area (Å²) in [4.78, 5) is 0. The minimum Gasteiger partial charge on any atom is -0.120 e. The van der Waals surface area contributed by atoms with Gasteiger partial charge in [-0.1, -0.05) is 30.3 Å². The van der Waals surface area contributed by atoms with Gasteiger partial charge in [0, 0.05) is 7.77 Å². The molecule has 0 amide bonds. The predicted octanol–water partition coefficient (Wildman–Crippen LogP) is 2.25. The topological polar surface area (TPSA) is 0 Å². The number of rotatable bonds is 2. The molecule has 1 atom stereocenters. The lowest BCUT2D eigenvalue weighted by atomic mass is 10.1. The number of aryl methyl sites for hydroxylation is 1. The molecule has 0 N–H and O–H groups in total. The Morgan fingerprint density at radius 1 is 1.40 bits per heavy atom. The largest absolute Gasteiger partial charge is 0.120 e. The van der Waals surface area contributed by atoms with Crippen LogP contribution in [0, 0.1) is 12.3 Å². The van der Waals surface area contributed by atoms with Crippen LogP contribution in [0.25, 0.3) is 0 Å². The molecular weight excluding hydrogens is 120 g/mol. The highest BCUT2D eigenvalue weighted by Gasteiger charge is 1.86. The SMILES string of the molecule is [2H][C@H](C#C)Cc1ccccc1. The van der Waals surface area contributed by atoms with Gasteiger partial charge in [0.15, 0.2) is 0 Å². The molecule has 10 heavy (non-hydrogen) atoms. The van der Waals surface area contributed by atoms with E-state index < -0.39 is 6.40 Å². The van der Waals surface area contributed by atoms with Gasteiger partial charge in [-0.3, -0.25) is 0 Å². The molecular formula is C10H10. The van der Waals surface area contributed by atoms with Gasteiger partial charge in [-0.2, -0.15) is 0 Å². The number of hydrogen-bond donors (Lipinski definition) is 0. The summed E-state index contributed by atoms with van der Waals surface area (Å²) in [5.74, 6) is 2.38. The third-order valence-electron chi connectivity index (χ3n) is 1.30. The second-order valence-electron chi connectivity index (χ2n) is 2.06. The smallest absolute Gasteiger partial charge is 0.0406 e. The van der Waals surface area contributed by atoms with Gasteiger partial charge >= 0.3 is 0 Å². The van der Waals surface area contributed by atoms with E-state index in [9.17, 15) is 0 Å². The molecule has 0 aliphatic rings. The summed E-state index contributed by atoms with van der Waals surface area (Å²) in [6.07, 6.45) is 5.33. The van der Waals surface area contributed by atoms with E-state index in [2.05, 4.69) is 5.92 Å². The molecule has 0 heteroatoms. The van der Waals surface area contributed by atoms with Crippen LogP contribution < -0.4 is 0 Å². The van der Waals surface area contributed by atoms with Crippen molar-refractivity contribution in [2.45, 2.75) is 12.8 Å². The van der Waals surface area contributed by atoms with Gasteiger partial charge in [-0.25, -0.2) is 0 Å². The zero-order valence-electron chi connectivity index (χ0n) is 6.75. The van der Waals surface area contributed by atoms with Crippen molar-refractivity contribution >= 4 is 0 Å². The Labute approximate surface area is 63.3 Å². The Morgan fingerprint density at radius 2 is 2.10 bits per heavy atom. The lowest BCUT2D eigenvalue weighted by molar-refractivity contribution is 1.03. The third-order valence-corrected chi connectivity index (χ3v) is 1.30. The van der Waals surface area contributed by atoms with Gasteiger partial charge in [0.2, 0.25) is 0 Å². The average Bonchev–Trinajstić information content (AvgIpc) is 2.06. The van der Waals surface area contributed by atoms with Gasteiger partial charge in [0.1, 0.15) is 0 Å². The first kappa shape index (κ1) is 5.56. The number of terminal acetylenes is 1. The van der Waals surface area contributed by atoms with Crippen LogP contribution in [0.3, 0.4) is 0 Å². The maximum absolute atomic E-state index is 7.32. The lowest BCUT2D eigenvalue weighted by Gasteiger charge is -1.93.